The maximum Gasteiger partial charge on any atom is 0.243 e. The lowest BCUT2D eigenvalue weighted by Crippen LogP contribution is -2.59. The Hall–Kier alpha value is -2.73. The van der Waals surface area contributed by atoms with Crippen LogP contribution in [0.1, 0.15) is 31.2 Å². The van der Waals surface area contributed by atoms with Crippen molar-refractivity contribution >= 4 is 11.8 Å². The van der Waals surface area contributed by atoms with E-state index < -0.39 is 6.04 Å². The van der Waals surface area contributed by atoms with Crippen LogP contribution in [0.15, 0.2) is 48.8 Å². The molecule has 6 heteroatoms. The van der Waals surface area contributed by atoms with E-state index in [1.54, 1.807) is 11.1 Å². The average molecular weight is 407 g/mol. The molecule has 2 aliphatic heterocycles. The first-order chi connectivity index (χ1) is 14.7. The van der Waals surface area contributed by atoms with Crippen molar-refractivity contribution in [2.24, 2.45) is 0 Å². The number of nitrogens with zero attached hydrogens (tertiary/aromatic N) is 3. The molecule has 1 N–H and O–H groups in total. The minimum Gasteiger partial charge on any atom is -0.353 e. The zero-order valence-electron chi connectivity index (χ0n) is 17.4. The molecular weight excluding hydrogens is 376 g/mol. The standard InChI is InChI=1S/C24H30N4O2/c29-23(18-27-13-3-1-2-4-14-27)28-15-12-26-24(30)22(28)16-19-7-9-20(10-8-19)21-6-5-11-25-17-21/h5-11,17,22H,1-4,12-16,18H2,(H,26,30). The molecule has 2 saturated heterocycles. The highest BCUT2D eigenvalue weighted by Crippen LogP contribution is 2.20. The Morgan fingerprint density at radius 3 is 2.47 bits per heavy atom. The molecular formula is C24H30N4O2. The minimum absolute atomic E-state index is 0.0539. The molecule has 4 rings (SSSR count). The summed E-state index contributed by atoms with van der Waals surface area (Å²) >= 11 is 0. The Labute approximate surface area is 178 Å². The van der Waals surface area contributed by atoms with E-state index in [2.05, 4.69) is 27.3 Å². The van der Waals surface area contributed by atoms with Crippen molar-refractivity contribution in [3.8, 4) is 11.1 Å². The first-order valence-corrected chi connectivity index (χ1v) is 11.0. The third-order valence-corrected chi connectivity index (χ3v) is 6.09. The molecule has 1 unspecified atom stereocenters. The van der Waals surface area contributed by atoms with Gasteiger partial charge >= 0.3 is 0 Å². The first kappa shape index (κ1) is 20.5. The van der Waals surface area contributed by atoms with Crippen LogP contribution in [-0.2, 0) is 16.0 Å². The average Bonchev–Trinajstić information content (AvgIpc) is 3.05. The van der Waals surface area contributed by atoms with Gasteiger partial charge in [-0.2, -0.15) is 0 Å². The minimum atomic E-state index is -0.442. The number of hydrogen-bond acceptors (Lipinski definition) is 4. The topological polar surface area (TPSA) is 65.5 Å². The second kappa shape index (κ2) is 9.85. The van der Waals surface area contributed by atoms with Crippen molar-refractivity contribution in [3.63, 3.8) is 0 Å². The molecule has 1 atom stereocenters. The number of carbonyl (C=O) groups excluding carboxylic acids is 2. The van der Waals surface area contributed by atoms with Gasteiger partial charge in [-0.05, 0) is 48.7 Å². The molecule has 30 heavy (non-hydrogen) atoms. The van der Waals surface area contributed by atoms with Crippen LogP contribution in [0.3, 0.4) is 0 Å². The number of amides is 2. The zero-order chi connectivity index (χ0) is 20.8. The number of hydrogen-bond donors (Lipinski definition) is 1. The molecule has 0 spiro atoms. The highest BCUT2D eigenvalue weighted by Gasteiger charge is 2.33. The van der Waals surface area contributed by atoms with E-state index in [-0.39, 0.29) is 11.8 Å². The van der Waals surface area contributed by atoms with Crippen LogP contribution < -0.4 is 5.32 Å². The van der Waals surface area contributed by atoms with Crippen molar-refractivity contribution in [1.82, 2.24) is 20.1 Å². The summed E-state index contributed by atoms with van der Waals surface area (Å²) < 4.78 is 0. The van der Waals surface area contributed by atoms with Crippen LogP contribution in [0.2, 0.25) is 0 Å². The van der Waals surface area contributed by atoms with Crippen molar-refractivity contribution in [1.29, 1.82) is 0 Å². The lowest BCUT2D eigenvalue weighted by atomic mass is 9.99. The summed E-state index contributed by atoms with van der Waals surface area (Å²) in [5.41, 5.74) is 3.21. The maximum atomic E-state index is 13.1. The van der Waals surface area contributed by atoms with Gasteiger partial charge in [0.2, 0.25) is 11.8 Å². The maximum absolute atomic E-state index is 13.1. The summed E-state index contributed by atoms with van der Waals surface area (Å²) in [5, 5.41) is 2.93. The summed E-state index contributed by atoms with van der Waals surface area (Å²) in [7, 11) is 0. The number of likely N-dealkylation sites (tertiary alicyclic amines) is 1. The zero-order valence-corrected chi connectivity index (χ0v) is 17.4. The van der Waals surface area contributed by atoms with Gasteiger partial charge in [-0.1, -0.05) is 43.2 Å². The molecule has 2 fully saturated rings. The van der Waals surface area contributed by atoms with Crippen molar-refractivity contribution in [2.75, 3.05) is 32.7 Å². The van der Waals surface area contributed by atoms with Gasteiger partial charge in [0.15, 0.2) is 0 Å². The fourth-order valence-corrected chi connectivity index (χ4v) is 4.38. The molecule has 0 saturated carbocycles. The summed E-state index contributed by atoms with van der Waals surface area (Å²) in [6.07, 6.45) is 8.93. The van der Waals surface area contributed by atoms with Gasteiger partial charge in [0.05, 0.1) is 6.54 Å². The molecule has 0 radical (unpaired) electrons. The Morgan fingerprint density at radius 2 is 1.77 bits per heavy atom. The number of benzene rings is 1. The molecule has 3 heterocycles. The van der Waals surface area contributed by atoms with Crippen molar-refractivity contribution < 1.29 is 9.59 Å². The molecule has 0 bridgehead atoms. The van der Waals surface area contributed by atoms with Gasteiger partial charge in [-0.25, -0.2) is 0 Å². The Bertz CT molecular complexity index is 845. The van der Waals surface area contributed by atoms with Crippen LogP contribution in [0.25, 0.3) is 11.1 Å². The first-order valence-electron chi connectivity index (χ1n) is 11.0. The number of piperazine rings is 1. The van der Waals surface area contributed by atoms with Gasteiger partial charge in [0.25, 0.3) is 0 Å². The monoisotopic (exact) mass is 406 g/mol. The van der Waals surface area contributed by atoms with E-state index in [0.717, 1.165) is 42.6 Å². The number of carbonyl (C=O) groups is 2. The van der Waals surface area contributed by atoms with Crippen molar-refractivity contribution in [3.05, 3.63) is 54.4 Å². The van der Waals surface area contributed by atoms with Crippen LogP contribution in [0.5, 0.6) is 0 Å². The van der Waals surface area contributed by atoms with E-state index in [1.807, 2.05) is 30.5 Å². The van der Waals surface area contributed by atoms with E-state index >= 15 is 0 Å². The molecule has 1 aromatic carbocycles. The molecule has 6 nitrogen and oxygen atoms in total. The van der Waals surface area contributed by atoms with Crippen molar-refractivity contribution in [2.45, 2.75) is 38.1 Å². The van der Waals surface area contributed by atoms with Gasteiger partial charge in [-0.3, -0.25) is 19.5 Å². The predicted molar refractivity (Wildman–Crippen MR) is 117 cm³/mol. The molecule has 158 valence electrons. The third-order valence-electron chi connectivity index (χ3n) is 6.09. The SMILES string of the molecule is O=C1NCCN(C(=O)CN2CCCCCC2)C1Cc1ccc(-c2cccnc2)cc1. The third kappa shape index (κ3) is 5.05. The van der Waals surface area contributed by atoms with Crippen LogP contribution >= 0.6 is 0 Å². The van der Waals surface area contributed by atoms with E-state index in [1.165, 1.54) is 12.8 Å². The lowest BCUT2D eigenvalue weighted by Gasteiger charge is -2.36. The van der Waals surface area contributed by atoms with Gasteiger partial charge < -0.3 is 10.2 Å². The second-order valence-corrected chi connectivity index (χ2v) is 8.23. The van der Waals surface area contributed by atoms with E-state index in [4.69, 9.17) is 0 Å². The molecule has 2 aliphatic rings. The predicted octanol–water partition coefficient (Wildman–Crippen LogP) is 2.49. The highest BCUT2D eigenvalue weighted by atomic mass is 16.2. The summed E-state index contributed by atoms with van der Waals surface area (Å²) in [4.78, 5) is 33.9. The van der Waals surface area contributed by atoms with Gasteiger partial charge in [-0.15, -0.1) is 0 Å². The number of rotatable bonds is 5. The fourth-order valence-electron chi connectivity index (χ4n) is 4.38. The Balaban J connectivity index is 1.43. The molecule has 2 amide bonds. The molecule has 1 aromatic heterocycles. The number of nitrogens with one attached hydrogen (secondary N) is 1. The molecule has 2 aromatic rings. The Morgan fingerprint density at radius 1 is 1.00 bits per heavy atom. The second-order valence-electron chi connectivity index (χ2n) is 8.23. The Kier molecular flexibility index (Phi) is 6.74. The van der Waals surface area contributed by atoms with Crippen LogP contribution in [0, 0.1) is 0 Å². The highest BCUT2D eigenvalue weighted by molar-refractivity contribution is 5.89. The summed E-state index contributed by atoms with van der Waals surface area (Å²) in [5.74, 6) is 0.0190. The summed E-state index contributed by atoms with van der Waals surface area (Å²) in [6.45, 7) is 3.49. The van der Waals surface area contributed by atoms with E-state index in [9.17, 15) is 9.59 Å². The van der Waals surface area contributed by atoms with E-state index in [0.29, 0.717) is 26.1 Å². The quantitative estimate of drug-likeness (QED) is 0.829. The largest absolute Gasteiger partial charge is 0.353 e. The fraction of sp³-hybridized carbons (Fsp3) is 0.458. The van der Waals surface area contributed by atoms with Gasteiger partial charge in [0, 0.05) is 31.9 Å². The smallest absolute Gasteiger partial charge is 0.243 e. The number of aromatic nitrogens is 1. The normalized spacial score (nSPS) is 20.5. The van der Waals surface area contributed by atoms with Crippen LogP contribution in [0.4, 0.5) is 0 Å². The number of pyridine rings is 1. The van der Waals surface area contributed by atoms with Gasteiger partial charge in [0.1, 0.15) is 6.04 Å². The molecule has 0 aliphatic carbocycles. The summed E-state index contributed by atoms with van der Waals surface area (Å²) in [6, 6.07) is 11.7. The lowest BCUT2D eigenvalue weighted by molar-refractivity contribution is -0.144. The van der Waals surface area contributed by atoms with Crippen LogP contribution in [-0.4, -0.2) is 65.4 Å².